The van der Waals surface area contributed by atoms with Gasteiger partial charge in [-0.3, -0.25) is 4.79 Å². The van der Waals surface area contributed by atoms with Crippen molar-refractivity contribution in [2.24, 2.45) is 0 Å². The number of hydrogen-bond acceptors (Lipinski definition) is 2. The minimum absolute atomic E-state index is 0.189. The van der Waals surface area contributed by atoms with E-state index in [0.29, 0.717) is 28.7 Å². The number of benzene rings is 2. The summed E-state index contributed by atoms with van der Waals surface area (Å²) in [6.45, 7) is 0.478. The van der Waals surface area contributed by atoms with Crippen LogP contribution in [0.25, 0.3) is 0 Å². The van der Waals surface area contributed by atoms with Crippen molar-refractivity contribution in [3.63, 3.8) is 0 Å². The van der Waals surface area contributed by atoms with E-state index in [2.05, 4.69) is 21.2 Å². The number of nitrogens with two attached hydrogens (primary N) is 1. The van der Waals surface area contributed by atoms with E-state index < -0.39 is 0 Å². The summed E-state index contributed by atoms with van der Waals surface area (Å²) in [5.74, 6) is -0.451. The van der Waals surface area contributed by atoms with Crippen molar-refractivity contribution in [3.05, 3.63) is 63.9 Å². The molecule has 0 unspecified atom stereocenters. The van der Waals surface area contributed by atoms with Crippen molar-refractivity contribution in [1.82, 2.24) is 5.32 Å². The van der Waals surface area contributed by atoms with Gasteiger partial charge in [-0.05, 0) is 52.2 Å². The summed E-state index contributed by atoms with van der Waals surface area (Å²) < 4.78 is 13.4. The average Bonchev–Trinajstić information content (AvgIpc) is 2.44. The second kappa shape index (κ2) is 6.52. The summed E-state index contributed by atoms with van der Waals surface area (Å²) in [6.07, 6.45) is 0.645. The monoisotopic (exact) mass is 336 g/mol. The molecule has 0 bridgehead atoms. The normalized spacial score (nSPS) is 10.3. The fourth-order valence-electron chi connectivity index (χ4n) is 1.79. The third-order valence-corrected chi connectivity index (χ3v) is 3.77. The number of carbonyl (C=O) groups excluding carboxylic acids is 1. The van der Waals surface area contributed by atoms with Crippen LogP contribution in [0, 0.1) is 5.82 Å². The van der Waals surface area contributed by atoms with Crippen molar-refractivity contribution in [1.29, 1.82) is 0 Å². The van der Waals surface area contributed by atoms with Crippen LogP contribution in [0.1, 0.15) is 15.9 Å². The highest BCUT2D eigenvalue weighted by atomic mass is 79.9. The predicted molar refractivity (Wildman–Crippen MR) is 81.0 cm³/mol. The molecule has 3 N–H and O–H groups in total. The van der Waals surface area contributed by atoms with Gasteiger partial charge in [0.15, 0.2) is 0 Å². The molecule has 5 heteroatoms. The number of nitrogens with one attached hydrogen (secondary N) is 1. The van der Waals surface area contributed by atoms with E-state index in [0.717, 1.165) is 5.56 Å². The standard InChI is InChI=1S/C15H14BrFN2O/c16-14-12(2-1-3-13(14)18)15(20)19-9-8-10-4-6-11(17)7-5-10/h1-7H,8-9,18H2,(H,19,20). The van der Waals surface area contributed by atoms with Gasteiger partial charge < -0.3 is 11.1 Å². The molecule has 0 radical (unpaired) electrons. The molecule has 1 amide bonds. The highest BCUT2D eigenvalue weighted by Gasteiger charge is 2.10. The molecule has 3 nitrogen and oxygen atoms in total. The quantitative estimate of drug-likeness (QED) is 0.842. The maximum atomic E-state index is 12.8. The molecule has 0 spiro atoms. The van der Waals surface area contributed by atoms with Gasteiger partial charge in [0.25, 0.3) is 5.91 Å². The Labute approximate surface area is 125 Å². The zero-order valence-corrected chi connectivity index (χ0v) is 12.3. The van der Waals surface area contributed by atoms with E-state index in [1.54, 1.807) is 30.3 Å². The first-order chi connectivity index (χ1) is 9.58. The van der Waals surface area contributed by atoms with Crippen LogP contribution in [0.3, 0.4) is 0 Å². The van der Waals surface area contributed by atoms with Crippen LogP contribution in [-0.4, -0.2) is 12.5 Å². The predicted octanol–water partition coefficient (Wildman–Crippen LogP) is 3.14. The maximum absolute atomic E-state index is 12.8. The summed E-state index contributed by atoms with van der Waals surface area (Å²) in [6, 6.07) is 11.4. The topological polar surface area (TPSA) is 55.1 Å². The van der Waals surface area contributed by atoms with Crippen molar-refractivity contribution in [2.45, 2.75) is 6.42 Å². The van der Waals surface area contributed by atoms with Gasteiger partial charge in [-0.1, -0.05) is 18.2 Å². The van der Waals surface area contributed by atoms with Gasteiger partial charge in [-0.25, -0.2) is 4.39 Å². The SMILES string of the molecule is Nc1cccc(C(=O)NCCc2ccc(F)cc2)c1Br. The maximum Gasteiger partial charge on any atom is 0.252 e. The summed E-state index contributed by atoms with van der Waals surface area (Å²) >= 11 is 3.30. The molecule has 0 aliphatic carbocycles. The zero-order chi connectivity index (χ0) is 14.5. The number of carbonyl (C=O) groups is 1. The van der Waals surface area contributed by atoms with Gasteiger partial charge >= 0.3 is 0 Å². The molecular weight excluding hydrogens is 323 g/mol. The molecule has 0 aromatic heterocycles. The van der Waals surface area contributed by atoms with Gasteiger partial charge in [0, 0.05) is 12.2 Å². The number of amides is 1. The molecule has 2 aromatic carbocycles. The molecule has 0 aliphatic heterocycles. The van der Waals surface area contributed by atoms with Crippen LogP contribution in [-0.2, 0) is 6.42 Å². The Balaban J connectivity index is 1.92. The summed E-state index contributed by atoms with van der Waals surface area (Å²) in [5, 5.41) is 2.81. The third kappa shape index (κ3) is 3.57. The Hall–Kier alpha value is -1.88. The molecule has 0 saturated heterocycles. The molecule has 2 rings (SSSR count). The van der Waals surface area contributed by atoms with Gasteiger partial charge in [0.2, 0.25) is 0 Å². The fourth-order valence-corrected chi connectivity index (χ4v) is 2.24. The van der Waals surface area contributed by atoms with Crippen LogP contribution in [0.4, 0.5) is 10.1 Å². The van der Waals surface area contributed by atoms with Crippen molar-refractivity contribution in [2.75, 3.05) is 12.3 Å². The summed E-state index contributed by atoms with van der Waals surface area (Å²) in [5.41, 5.74) is 7.73. The third-order valence-electron chi connectivity index (χ3n) is 2.89. The van der Waals surface area contributed by atoms with E-state index in [-0.39, 0.29) is 11.7 Å². The van der Waals surface area contributed by atoms with E-state index >= 15 is 0 Å². The minimum atomic E-state index is -0.263. The molecule has 0 atom stereocenters. The Morgan fingerprint density at radius 3 is 2.60 bits per heavy atom. The molecule has 0 fully saturated rings. The molecule has 0 saturated carbocycles. The molecule has 104 valence electrons. The lowest BCUT2D eigenvalue weighted by molar-refractivity contribution is 0.0953. The van der Waals surface area contributed by atoms with Crippen LogP contribution in [0.2, 0.25) is 0 Å². The van der Waals surface area contributed by atoms with Crippen molar-refractivity contribution in [3.8, 4) is 0 Å². The smallest absolute Gasteiger partial charge is 0.252 e. The largest absolute Gasteiger partial charge is 0.398 e. The highest BCUT2D eigenvalue weighted by molar-refractivity contribution is 9.10. The molecular formula is C15H14BrFN2O. The van der Waals surface area contributed by atoms with Gasteiger partial charge in [-0.2, -0.15) is 0 Å². The van der Waals surface area contributed by atoms with Crippen molar-refractivity contribution < 1.29 is 9.18 Å². The summed E-state index contributed by atoms with van der Waals surface area (Å²) in [4.78, 5) is 12.0. The van der Waals surface area contributed by atoms with Crippen molar-refractivity contribution >= 4 is 27.5 Å². The van der Waals surface area contributed by atoms with E-state index in [9.17, 15) is 9.18 Å². The Kier molecular flexibility index (Phi) is 4.74. The first kappa shape index (κ1) is 14.5. The molecule has 2 aromatic rings. The first-order valence-electron chi connectivity index (χ1n) is 6.14. The van der Waals surface area contributed by atoms with Crippen LogP contribution in [0.5, 0.6) is 0 Å². The molecule has 20 heavy (non-hydrogen) atoms. The van der Waals surface area contributed by atoms with E-state index in [1.165, 1.54) is 12.1 Å². The summed E-state index contributed by atoms with van der Waals surface area (Å²) in [7, 11) is 0. The van der Waals surface area contributed by atoms with Gasteiger partial charge in [0.1, 0.15) is 5.82 Å². The molecule has 0 heterocycles. The second-order valence-electron chi connectivity index (χ2n) is 4.34. The average molecular weight is 337 g/mol. The lowest BCUT2D eigenvalue weighted by atomic mass is 10.1. The Morgan fingerprint density at radius 2 is 1.90 bits per heavy atom. The zero-order valence-electron chi connectivity index (χ0n) is 10.7. The fraction of sp³-hybridized carbons (Fsp3) is 0.133. The second-order valence-corrected chi connectivity index (χ2v) is 5.13. The first-order valence-corrected chi connectivity index (χ1v) is 6.94. The Bertz CT molecular complexity index is 614. The van der Waals surface area contributed by atoms with Gasteiger partial charge in [0.05, 0.1) is 10.0 Å². The van der Waals surface area contributed by atoms with Crippen LogP contribution in [0.15, 0.2) is 46.9 Å². The number of halogens is 2. The lowest BCUT2D eigenvalue weighted by Gasteiger charge is -2.08. The Morgan fingerprint density at radius 1 is 1.20 bits per heavy atom. The number of rotatable bonds is 4. The van der Waals surface area contributed by atoms with Crippen LogP contribution < -0.4 is 11.1 Å². The van der Waals surface area contributed by atoms with E-state index in [1.807, 2.05) is 0 Å². The van der Waals surface area contributed by atoms with Crippen LogP contribution >= 0.6 is 15.9 Å². The number of hydrogen-bond donors (Lipinski definition) is 2. The molecule has 0 aliphatic rings. The number of anilines is 1. The van der Waals surface area contributed by atoms with E-state index in [4.69, 9.17) is 5.73 Å². The highest BCUT2D eigenvalue weighted by Crippen LogP contribution is 2.23. The van der Waals surface area contributed by atoms with Gasteiger partial charge in [-0.15, -0.1) is 0 Å². The minimum Gasteiger partial charge on any atom is -0.398 e. The lowest BCUT2D eigenvalue weighted by Crippen LogP contribution is -2.26. The number of nitrogen functional groups attached to an aromatic ring is 1.